The fraction of sp³-hybridized carbons (Fsp3) is 0.933. The Balaban J connectivity index is 0.000000712. The van der Waals surface area contributed by atoms with Crippen LogP contribution >= 0.6 is 0 Å². The van der Waals surface area contributed by atoms with Gasteiger partial charge in [0.2, 0.25) is 0 Å². The summed E-state index contributed by atoms with van der Waals surface area (Å²) in [7, 11) is 0. The van der Waals surface area contributed by atoms with Crippen molar-refractivity contribution in [3.8, 4) is 0 Å². The molecule has 14 atom stereocenters. The maximum absolute atomic E-state index is 12.4. The van der Waals surface area contributed by atoms with Crippen molar-refractivity contribution in [2.75, 3.05) is 72.2 Å². The minimum Gasteiger partial charge on any atom is -0.377 e. The van der Waals surface area contributed by atoms with Gasteiger partial charge in [-0.25, -0.2) is 0 Å². The molecule has 0 spiro atoms. The highest BCUT2D eigenvalue weighted by Crippen LogP contribution is 2.37. The Morgan fingerprint density at radius 1 is 0.246 bits per heavy atom. The van der Waals surface area contributed by atoms with Crippen LogP contribution in [0.3, 0.4) is 0 Å². The van der Waals surface area contributed by atoms with Crippen LogP contribution in [0.4, 0.5) is 0 Å². The second-order valence-corrected chi connectivity index (χ2v) is 45.0. The smallest absolute Gasteiger partial charge is 0.155 e. The molecule has 0 unspecified atom stereocenters. The molecular formula is C104H201N7O11. The van der Waals surface area contributed by atoms with Crippen LogP contribution < -0.4 is 0 Å². The zero-order valence-electron chi connectivity index (χ0n) is 87.5. The van der Waals surface area contributed by atoms with Crippen LogP contribution in [-0.2, 0) is 52.5 Å². The van der Waals surface area contributed by atoms with Crippen molar-refractivity contribution in [2.24, 2.45) is 101 Å². The van der Waals surface area contributed by atoms with Gasteiger partial charge in [-0.15, -0.1) is 0 Å². The van der Waals surface area contributed by atoms with Crippen LogP contribution in [0.25, 0.3) is 0 Å². The molecule has 7 aliphatic heterocycles. The first-order valence-corrected chi connectivity index (χ1v) is 49.9. The molecule has 0 N–H and O–H groups in total. The van der Waals surface area contributed by atoms with Gasteiger partial charge < -0.3 is 18.9 Å². The molecule has 7 aliphatic rings. The molecule has 718 valence electrons. The van der Waals surface area contributed by atoms with Crippen LogP contribution in [0.5, 0.6) is 0 Å². The Morgan fingerprint density at radius 2 is 0.467 bits per heavy atom. The van der Waals surface area contributed by atoms with E-state index in [1.54, 1.807) is 0 Å². The van der Waals surface area contributed by atoms with Gasteiger partial charge in [-0.1, -0.05) is 194 Å². The summed E-state index contributed by atoms with van der Waals surface area (Å²) < 4.78 is 23.8. The van der Waals surface area contributed by atoms with E-state index < -0.39 is 0 Å². The van der Waals surface area contributed by atoms with E-state index in [1.807, 2.05) is 96.9 Å². The molecule has 7 rings (SSSR count). The average molecular weight is 1730 g/mol. The van der Waals surface area contributed by atoms with Gasteiger partial charge in [-0.2, -0.15) is 0 Å². The number of ketones is 7. The van der Waals surface area contributed by atoms with Gasteiger partial charge in [0, 0.05) is 156 Å². The molecule has 7 saturated heterocycles. The largest absolute Gasteiger partial charge is 0.377 e. The van der Waals surface area contributed by atoms with E-state index in [-0.39, 0.29) is 108 Å². The molecule has 0 bridgehead atoms. The highest BCUT2D eigenvalue weighted by Gasteiger charge is 2.47. The second-order valence-electron chi connectivity index (χ2n) is 45.0. The first-order chi connectivity index (χ1) is 56.3. The van der Waals surface area contributed by atoms with Crippen molar-refractivity contribution >= 4 is 40.5 Å². The number of hydrogen-bond donors (Lipinski definition) is 0. The minimum absolute atomic E-state index is 0.0382. The molecular weight excluding hydrogens is 1520 g/mol. The fourth-order valence-corrected chi connectivity index (χ4v) is 18.8. The monoisotopic (exact) mass is 1720 g/mol. The molecule has 0 aliphatic carbocycles. The standard InChI is InChI=1S/4C15H29NO2.2C15H29NO.C14H27NO/c2*1-10(2)9-18-13-7-14(15(17)11(3)4)16(8-13)12(5)6;2*1-10(2)9-18-13-7-8-16(12(5)6)14(13)15(17)11(3)4;2*1-10(2)7-13-8-14(15(17)11(3)4)16(9-13)12(5)6;1-9(2)12-7-13(14(16)10(3)4)15(8-12)11(5)6/h4*10-14H,7-9H2,1-6H3;2*10-14H,7-9H2,1-6H3;9-13H,7-8H2,1-6H3/t13-,14+;13-,14-;13-,14+;13-,14-;13-,14+;13-,14-;12-,13-/m1010100/s1. The number of carbonyl (C=O) groups excluding carboxylic acids is 7. The summed E-state index contributed by atoms with van der Waals surface area (Å²) in [6.45, 7) is 99.5. The second kappa shape index (κ2) is 57.4. The van der Waals surface area contributed by atoms with Crippen molar-refractivity contribution in [1.82, 2.24) is 34.3 Å². The van der Waals surface area contributed by atoms with Crippen LogP contribution in [0.2, 0.25) is 0 Å². The lowest BCUT2D eigenvalue weighted by Crippen LogP contribution is -2.47. The lowest BCUT2D eigenvalue weighted by atomic mass is 9.90. The van der Waals surface area contributed by atoms with E-state index in [1.165, 1.54) is 12.8 Å². The van der Waals surface area contributed by atoms with Gasteiger partial charge in [0.1, 0.15) is 0 Å². The maximum Gasteiger partial charge on any atom is 0.155 e. The van der Waals surface area contributed by atoms with Crippen molar-refractivity contribution in [1.29, 1.82) is 0 Å². The van der Waals surface area contributed by atoms with Crippen molar-refractivity contribution in [2.45, 2.75) is 458 Å². The molecule has 0 aromatic rings. The lowest BCUT2D eigenvalue weighted by molar-refractivity contribution is -0.132. The summed E-state index contributed by atoms with van der Waals surface area (Å²) in [5.41, 5.74) is 0. The van der Waals surface area contributed by atoms with E-state index in [4.69, 9.17) is 18.9 Å². The third kappa shape index (κ3) is 39.9. The van der Waals surface area contributed by atoms with Gasteiger partial charge in [0.15, 0.2) is 40.5 Å². The van der Waals surface area contributed by atoms with Crippen molar-refractivity contribution in [3.05, 3.63) is 0 Å². The van der Waals surface area contributed by atoms with Gasteiger partial charge >= 0.3 is 0 Å². The Labute approximate surface area is 753 Å². The Bertz CT molecular complexity index is 2760. The third-order valence-electron chi connectivity index (χ3n) is 25.6. The summed E-state index contributed by atoms with van der Waals surface area (Å²) in [5, 5.41) is 0. The molecule has 0 radical (unpaired) electrons. The zero-order valence-corrected chi connectivity index (χ0v) is 87.5. The van der Waals surface area contributed by atoms with Crippen LogP contribution in [0.15, 0.2) is 0 Å². The van der Waals surface area contributed by atoms with E-state index in [0.29, 0.717) is 130 Å². The highest BCUT2D eigenvalue weighted by atomic mass is 16.5. The Kier molecular flexibility index (Phi) is 55.2. The number of nitrogens with zero attached hydrogens (tertiary/aromatic N) is 7. The maximum atomic E-state index is 12.4. The SMILES string of the molecule is CC(C)C(=O)[C@@H]1C[C@H](C(C)C)CN1C(C)C.CC(C)CO[C@@H]1CCN(C(C)C)[C@@H]1C(=O)C(C)C.CC(C)CO[C@@H]1C[C@@H](C(=O)C(C)C)N(C(C)C)C1.CC(C)CO[C@H]1CCN(C(C)C)[C@@H]1C(=O)C(C)C.CC(C)CO[C@H]1C[C@@H](C(=O)C(C)C)N(C(C)C)C1.CC(C)C[C@@H]1C[C@@H](C(=O)C(C)C)N(C(C)C)C1.CC(C)C[C@H]1C[C@@H](C(=O)C(C)C)N(C(C)C)C1. The van der Waals surface area contributed by atoms with Gasteiger partial charge in [0.25, 0.3) is 0 Å². The quantitative estimate of drug-likeness (QED) is 0.0569. The van der Waals surface area contributed by atoms with Gasteiger partial charge in [-0.3, -0.25) is 67.9 Å². The number of rotatable bonds is 38. The van der Waals surface area contributed by atoms with Crippen LogP contribution in [-0.4, -0.2) is 256 Å². The van der Waals surface area contributed by atoms with Crippen LogP contribution in [0.1, 0.15) is 349 Å². The molecule has 0 amide bonds. The molecule has 18 nitrogen and oxygen atoms in total. The first-order valence-electron chi connectivity index (χ1n) is 49.9. The molecule has 0 aromatic heterocycles. The van der Waals surface area contributed by atoms with Gasteiger partial charge in [0.05, 0.1) is 66.7 Å². The van der Waals surface area contributed by atoms with Crippen LogP contribution in [0, 0.1) is 101 Å². The molecule has 7 heterocycles. The third-order valence-corrected chi connectivity index (χ3v) is 25.6. The van der Waals surface area contributed by atoms with Crippen molar-refractivity contribution in [3.63, 3.8) is 0 Å². The molecule has 18 heteroatoms. The highest BCUT2D eigenvalue weighted by molar-refractivity contribution is 5.89. The number of likely N-dealkylation sites (tertiary alicyclic amines) is 7. The van der Waals surface area contributed by atoms with E-state index in [2.05, 4.69) is 228 Å². The first kappa shape index (κ1) is 117. The van der Waals surface area contributed by atoms with Crippen molar-refractivity contribution < 1.29 is 52.5 Å². The van der Waals surface area contributed by atoms with E-state index >= 15 is 0 Å². The predicted octanol–water partition coefficient (Wildman–Crippen LogP) is 20.6. The molecule has 7 fully saturated rings. The van der Waals surface area contributed by atoms with E-state index in [9.17, 15) is 33.6 Å². The zero-order chi connectivity index (χ0) is 94.3. The molecule has 0 saturated carbocycles. The lowest BCUT2D eigenvalue weighted by Gasteiger charge is -2.31. The Hall–Kier alpha value is -2.75. The minimum atomic E-state index is -0.0382. The molecule has 0 aromatic carbocycles. The number of hydrogen-bond acceptors (Lipinski definition) is 18. The van der Waals surface area contributed by atoms with Gasteiger partial charge in [-0.05, 0) is 214 Å². The number of Topliss-reactive ketones (excluding diaryl/α,β-unsaturated/α-hetero) is 7. The predicted molar refractivity (Wildman–Crippen MR) is 513 cm³/mol. The number of ether oxygens (including phenoxy) is 4. The topological polar surface area (TPSA) is 179 Å². The summed E-state index contributed by atoms with van der Waals surface area (Å²) in [4.78, 5) is 102. The fourth-order valence-electron chi connectivity index (χ4n) is 18.8. The summed E-state index contributed by atoms with van der Waals surface area (Å²) in [6, 6.07) is 3.66. The summed E-state index contributed by atoms with van der Waals surface area (Å²) in [6.07, 6.45) is 10.0. The summed E-state index contributed by atoms with van der Waals surface area (Å²) >= 11 is 0. The van der Waals surface area contributed by atoms with E-state index in [0.717, 1.165) is 129 Å². The summed E-state index contributed by atoms with van der Waals surface area (Å²) in [5.74, 6) is 9.99. The average Bonchev–Trinajstić information content (AvgIpc) is 1.67. The number of carbonyl (C=O) groups is 7. The normalized spacial score (nSPS) is 26.1. The Morgan fingerprint density at radius 3 is 0.689 bits per heavy atom. The molecule has 122 heavy (non-hydrogen) atoms.